The van der Waals surface area contributed by atoms with E-state index in [1.807, 2.05) is 0 Å². The summed E-state index contributed by atoms with van der Waals surface area (Å²) in [5.74, 6) is -0.332. The highest BCUT2D eigenvalue weighted by atomic mass is 32.2. The molecule has 19 heavy (non-hydrogen) atoms. The van der Waals surface area contributed by atoms with Crippen molar-refractivity contribution in [3.8, 4) is 0 Å². The number of aliphatic hydroxyl groups is 1. The van der Waals surface area contributed by atoms with Crippen LogP contribution in [-0.4, -0.2) is 43.1 Å². The van der Waals surface area contributed by atoms with Gasteiger partial charge in [0.1, 0.15) is 0 Å². The van der Waals surface area contributed by atoms with Gasteiger partial charge in [-0.3, -0.25) is 4.79 Å². The van der Waals surface area contributed by atoms with E-state index < -0.39 is 15.4 Å². The van der Waals surface area contributed by atoms with E-state index in [1.54, 1.807) is 0 Å². The van der Waals surface area contributed by atoms with Gasteiger partial charge in [0.2, 0.25) is 5.91 Å². The number of sulfone groups is 1. The fourth-order valence-corrected chi connectivity index (χ4v) is 4.18. The molecule has 1 unspecified atom stereocenters. The van der Waals surface area contributed by atoms with Crippen molar-refractivity contribution in [3.05, 3.63) is 0 Å². The standard InChI is InChI=1S/C13H25NO4S/c1-2-3-4-5-6-7-12(15)14-10-13(16)8-9-19(17,18)11-13/h16H,2-11H2,1H3,(H,14,15). The minimum atomic E-state index is -3.13. The molecule has 0 aromatic heterocycles. The molecule has 0 aromatic rings. The first kappa shape index (κ1) is 16.4. The Labute approximate surface area is 115 Å². The van der Waals surface area contributed by atoms with Gasteiger partial charge in [0.05, 0.1) is 17.1 Å². The van der Waals surface area contributed by atoms with Crippen LogP contribution in [0.15, 0.2) is 0 Å². The highest BCUT2D eigenvalue weighted by molar-refractivity contribution is 7.91. The van der Waals surface area contributed by atoms with E-state index in [1.165, 1.54) is 12.8 Å². The summed E-state index contributed by atoms with van der Waals surface area (Å²) >= 11 is 0. The SMILES string of the molecule is CCCCCCCC(=O)NCC1(O)CCS(=O)(=O)C1. The van der Waals surface area contributed by atoms with E-state index >= 15 is 0 Å². The summed E-state index contributed by atoms with van der Waals surface area (Å²) in [6, 6.07) is 0. The van der Waals surface area contributed by atoms with Gasteiger partial charge in [-0.25, -0.2) is 8.42 Å². The molecule has 0 aromatic carbocycles. The first-order valence-electron chi connectivity index (χ1n) is 7.06. The normalized spacial score (nSPS) is 25.4. The number of carbonyl (C=O) groups excluding carboxylic acids is 1. The fourth-order valence-electron chi connectivity index (χ4n) is 2.28. The van der Waals surface area contributed by atoms with E-state index in [2.05, 4.69) is 12.2 Å². The van der Waals surface area contributed by atoms with E-state index in [0.717, 1.165) is 19.3 Å². The predicted octanol–water partition coefficient (Wildman–Crippen LogP) is 1.01. The lowest BCUT2D eigenvalue weighted by Crippen LogP contribution is -2.43. The Morgan fingerprint density at radius 2 is 1.95 bits per heavy atom. The highest BCUT2D eigenvalue weighted by Gasteiger charge is 2.40. The minimum absolute atomic E-state index is 0.0103. The lowest BCUT2D eigenvalue weighted by molar-refractivity contribution is -0.122. The molecule has 1 heterocycles. The van der Waals surface area contributed by atoms with Crippen LogP contribution in [0.1, 0.15) is 51.9 Å². The molecule has 6 heteroatoms. The Hall–Kier alpha value is -0.620. The largest absolute Gasteiger partial charge is 0.387 e. The molecule has 1 aliphatic rings. The summed E-state index contributed by atoms with van der Waals surface area (Å²) in [4.78, 5) is 11.6. The van der Waals surface area contributed by atoms with Crippen LogP contribution in [0.2, 0.25) is 0 Å². The number of carbonyl (C=O) groups is 1. The third kappa shape index (κ3) is 6.38. The van der Waals surface area contributed by atoms with Crippen LogP contribution >= 0.6 is 0 Å². The van der Waals surface area contributed by atoms with E-state index in [-0.39, 0.29) is 30.4 Å². The van der Waals surface area contributed by atoms with Crippen LogP contribution in [0.4, 0.5) is 0 Å². The Balaban J connectivity index is 2.16. The molecule has 1 amide bonds. The van der Waals surface area contributed by atoms with Gasteiger partial charge in [-0.2, -0.15) is 0 Å². The number of hydrogen-bond acceptors (Lipinski definition) is 4. The van der Waals surface area contributed by atoms with Crippen molar-refractivity contribution in [1.29, 1.82) is 0 Å². The second kappa shape index (κ2) is 7.24. The van der Waals surface area contributed by atoms with Crippen molar-refractivity contribution < 1.29 is 18.3 Å². The van der Waals surface area contributed by atoms with Crippen LogP contribution in [0.5, 0.6) is 0 Å². The summed E-state index contributed by atoms with van der Waals surface area (Å²) in [6.07, 6.45) is 6.07. The molecule has 0 radical (unpaired) electrons. The zero-order valence-electron chi connectivity index (χ0n) is 11.7. The molecule has 0 spiro atoms. The van der Waals surface area contributed by atoms with Crippen molar-refractivity contribution in [2.75, 3.05) is 18.1 Å². The third-order valence-corrected chi connectivity index (χ3v) is 5.29. The molecule has 1 rings (SSSR count). The summed E-state index contributed by atoms with van der Waals surface area (Å²) in [5.41, 5.74) is -1.27. The Morgan fingerprint density at radius 3 is 2.53 bits per heavy atom. The highest BCUT2D eigenvalue weighted by Crippen LogP contribution is 2.22. The number of nitrogens with one attached hydrogen (secondary N) is 1. The average molecular weight is 291 g/mol. The van der Waals surface area contributed by atoms with Crippen molar-refractivity contribution in [2.24, 2.45) is 0 Å². The Morgan fingerprint density at radius 1 is 1.26 bits per heavy atom. The molecule has 1 saturated heterocycles. The van der Waals surface area contributed by atoms with E-state index in [9.17, 15) is 18.3 Å². The van der Waals surface area contributed by atoms with Gasteiger partial charge >= 0.3 is 0 Å². The van der Waals surface area contributed by atoms with E-state index in [4.69, 9.17) is 0 Å². The van der Waals surface area contributed by atoms with Gasteiger partial charge in [-0.05, 0) is 12.8 Å². The molecule has 5 nitrogen and oxygen atoms in total. The van der Waals surface area contributed by atoms with Crippen molar-refractivity contribution >= 4 is 15.7 Å². The molecule has 1 aliphatic heterocycles. The summed E-state index contributed by atoms with van der Waals surface area (Å²) in [5, 5.41) is 12.7. The topological polar surface area (TPSA) is 83.5 Å². The number of amides is 1. The quantitative estimate of drug-likeness (QED) is 0.654. The summed E-state index contributed by atoms with van der Waals surface area (Å²) < 4.78 is 22.6. The zero-order chi connectivity index (χ0) is 14.4. The van der Waals surface area contributed by atoms with Crippen LogP contribution in [-0.2, 0) is 14.6 Å². The summed E-state index contributed by atoms with van der Waals surface area (Å²) in [7, 11) is -3.13. The third-order valence-electron chi connectivity index (χ3n) is 3.49. The molecule has 0 bridgehead atoms. The second-order valence-corrected chi connectivity index (χ2v) is 7.69. The molecule has 0 saturated carbocycles. The molecule has 112 valence electrons. The second-order valence-electron chi connectivity index (χ2n) is 5.51. The summed E-state index contributed by atoms with van der Waals surface area (Å²) in [6.45, 7) is 2.18. The lowest BCUT2D eigenvalue weighted by atomic mass is 10.0. The molecule has 1 atom stereocenters. The number of rotatable bonds is 8. The van der Waals surface area contributed by atoms with Crippen molar-refractivity contribution in [1.82, 2.24) is 5.32 Å². The van der Waals surface area contributed by atoms with Crippen LogP contribution in [0.25, 0.3) is 0 Å². The predicted molar refractivity (Wildman–Crippen MR) is 74.6 cm³/mol. The molecule has 2 N–H and O–H groups in total. The number of unbranched alkanes of at least 4 members (excludes halogenated alkanes) is 4. The van der Waals surface area contributed by atoms with E-state index in [0.29, 0.717) is 6.42 Å². The minimum Gasteiger partial charge on any atom is -0.387 e. The molecule has 0 aliphatic carbocycles. The van der Waals surface area contributed by atoms with Crippen LogP contribution in [0, 0.1) is 0 Å². The first-order chi connectivity index (χ1) is 8.87. The lowest BCUT2D eigenvalue weighted by Gasteiger charge is -2.20. The van der Waals surface area contributed by atoms with Crippen molar-refractivity contribution in [3.63, 3.8) is 0 Å². The maximum absolute atomic E-state index is 11.6. The van der Waals surface area contributed by atoms with Gasteiger partial charge in [-0.1, -0.05) is 32.6 Å². The number of hydrogen-bond donors (Lipinski definition) is 2. The average Bonchev–Trinajstić information content (AvgIpc) is 2.62. The van der Waals surface area contributed by atoms with Crippen LogP contribution in [0.3, 0.4) is 0 Å². The maximum atomic E-state index is 11.6. The molecule has 1 fully saturated rings. The molecular weight excluding hydrogens is 266 g/mol. The fraction of sp³-hybridized carbons (Fsp3) is 0.923. The van der Waals surface area contributed by atoms with Gasteiger partial charge in [0, 0.05) is 13.0 Å². The van der Waals surface area contributed by atoms with Gasteiger partial charge in [0.15, 0.2) is 9.84 Å². The first-order valence-corrected chi connectivity index (χ1v) is 8.88. The zero-order valence-corrected chi connectivity index (χ0v) is 12.5. The van der Waals surface area contributed by atoms with Gasteiger partial charge < -0.3 is 10.4 Å². The van der Waals surface area contributed by atoms with Crippen molar-refractivity contribution in [2.45, 2.75) is 57.5 Å². The smallest absolute Gasteiger partial charge is 0.220 e. The molecular formula is C13H25NO4S. The van der Waals surface area contributed by atoms with Gasteiger partial charge in [-0.15, -0.1) is 0 Å². The monoisotopic (exact) mass is 291 g/mol. The maximum Gasteiger partial charge on any atom is 0.220 e. The van der Waals surface area contributed by atoms with Crippen LogP contribution < -0.4 is 5.32 Å². The van der Waals surface area contributed by atoms with Gasteiger partial charge in [0.25, 0.3) is 0 Å². The Bertz CT molecular complexity index is 393. The Kier molecular flexibility index (Phi) is 6.26.